The van der Waals surface area contributed by atoms with Gasteiger partial charge in [-0.15, -0.1) is 0 Å². The molecule has 10 heteroatoms. The molecule has 2 fully saturated rings. The van der Waals surface area contributed by atoms with Gasteiger partial charge in [-0.1, -0.05) is 0 Å². The first-order valence-corrected chi connectivity index (χ1v) is 9.64. The number of piperazine rings is 1. The van der Waals surface area contributed by atoms with E-state index in [1.807, 2.05) is 11.8 Å². The molecule has 0 spiro atoms. The van der Waals surface area contributed by atoms with Crippen molar-refractivity contribution in [2.45, 2.75) is 31.7 Å². The third-order valence-corrected chi connectivity index (χ3v) is 6.05. The van der Waals surface area contributed by atoms with E-state index >= 15 is 0 Å². The topological polar surface area (TPSA) is 139 Å². The van der Waals surface area contributed by atoms with Crippen LogP contribution in [-0.4, -0.2) is 80.5 Å². The summed E-state index contributed by atoms with van der Waals surface area (Å²) in [5, 5.41) is 3.31. The molecule has 1 aliphatic carbocycles. The molecule has 4 rings (SSSR count). The molecular formula is C19H25N3O7. The molecule has 3 unspecified atom stereocenters. The Morgan fingerprint density at radius 1 is 1.31 bits per heavy atom. The summed E-state index contributed by atoms with van der Waals surface area (Å²) in [6.45, 7) is 4.76. The molecule has 4 aliphatic rings. The van der Waals surface area contributed by atoms with Crippen LogP contribution in [0.4, 0.5) is 4.79 Å². The Morgan fingerprint density at radius 2 is 2.07 bits per heavy atom. The molecule has 10 nitrogen and oxygen atoms in total. The molecule has 158 valence electrons. The minimum atomic E-state index is -0.989. The number of allylic oxidation sites excluding steroid dienone is 2. The number of hydrogen-bond acceptors (Lipinski definition) is 9. The fraction of sp³-hybridized carbons (Fsp3) is 0.632. The smallest absolute Gasteiger partial charge is 0.404 e. The molecule has 0 aromatic rings. The molecule has 0 bridgehead atoms. The first kappa shape index (κ1) is 19.9. The molecule has 0 saturated carbocycles. The molecule has 2 saturated heterocycles. The summed E-state index contributed by atoms with van der Waals surface area (Å²) in [5.41, 5.74) is 4.98. The van der Waals surface area contributed by atoms with Crippen LogP contribution in [0.2, 0.25) is 0 Å². The van der Waals surface area contributed by atoms with E-state index in [0.717, 1.165) is 0 Å². The number of nitrogens with two attached hydrogens (primary N) is 1. The number of methoxy groups -OCH3 is 1. The highest BCUT2D eigenvalue weighted by molar-refractivity contribution is 6.25. The van der Waals surface area contributed by atoms with Crippen molar-refractivity contribution in [2.24, 2.45) is 11.7 Å². The van der Waals surface area contributed by atoms with E-state index in [2.05, 4.69) is 5.32 Å². The number of ether oxygens (including phenoxy) is 4. The highest BCUT2D eigenvalue weighted by Gasteiger charge is 2.72. The van der Waals surface area contributed by atoms with Gasteiger partial charge in [0.25, 0.3) is 0 Å². The van der Waals surface area contributed by atoms with E-state index in [1.54, 1.807) is 6.92 Å². The van der Waals surface area contributed by atoms with Gasteiger partial charge in [0, 0.05) is 37.4 Å². The fourth-order valence-electron chi connectivity index (χ4n) is 4.79. The number of carbonyl (C=O) groups excluding carboxylic acids is 3. The number of rotatable bonds is 8. The van der Waals surface area contributed by atoms with E-state index in [-0.39, 0.29) is 48.0 Å². The summed E-state index contributed by atoms with van der Waals surface area (Å²) in [7, 11) is 1.53. The SMILES string of the molecule is CCOCCOC1=C(C)C(=O)C2=C(C1=O)C(COC(N)=O)[C@@]1(OC)C3NC3CN21. The van der Waals surface area contributed by atoms with Gasteiger partial charge in [-0.05, 0) is 13.8 Å². The predicted molar refractivity (Wildman–Crippen MR) is 98.4 cm³/mol. The molecule has 3 aliphatic heterocycles. The van der Waals surface area contributed by atoms with Gasteiger partial charge in [-0.3, -0.25) is 9.59 Å². The Morgan fingerprint density at radius 3 is 2.72 bits per heavy atom. The molecule has 0 aromatic carbocycles. The van der Waals surface area contributed by atoms with Crippen molar-refractivity contribution < 1.29 is 33.3 Å². The van der Waals surface area contributed by atoms with Gasteiger partial charge in [-0.2, -0.15) is 0 Å². The number of hydrogen-bond donors (Lipinski definition) is 2. The number of Topliss-reactive ketones (excluding diaryl/α,β-unsaturated/α-hetero) is 2. The third kappa shape index (κ3) is 2.77. The lowest BCUT2D eigenvalue weighted by Crippen LogP contribution is -2.55. The van der Waals surface area contributed by atoms with E-state index in [9.17, 15) is 14.4 Å². The molecule has 1 amide bonds. The summed E-state index contributed by atoms with van der Waals surface area (Å²) in [4.78, 5) is 39.7. The molecule has 29 heavy (non-hydrogen) atoms. The normalized spacial score (nSPS) is 32.4. The maximum absolute atomic E-state index is 13.4. The first-order valence-electron chi connectivity index (χ1n) is 9.64. The quantitative estimate of drug-likeness (QED) is 0.308. The molecule has 3 N–H and O–H groups in total. The summed E-state index contributed by atoms with van der Waals surface area (Å²) in [6, 6.07) is 0.0684. The maximum Gasteiger partial charge on any atom is 0.404 e. The van der Waals surface area contributed by atoms with Crippen LogP contribution in [0.5, 0.6) is 0 Å². The monoisotopic (exact) mass is 407 g/mol. The van der Waals surface area contributed by atoms with E-state index in [0.29, 0.717) is 25.5 Å². The first-order chi connectivity index (χ1) is 13.9. The average Bonchev–Trinajstić information content (AvgIpc) is 3.30. The van der Waals surface area contributed by atoms with E-state index in [4.69, 9.17) is 24.7 Å². The van der Waals surface area contributed by atoms with Crippen molar-refractivity contribution in [2.75, 3.05) is 40.1 Å². The fourth-order valence-corrected chi connectivity index (χ4v) is 4.79. The lowest BCUT2D eigenvalue weighted by molar-refractivity contribution is -0.137. The summed E-state index contributed by atoms with van der Waals surface area (Å²) < 4.78 is 21.8. The van der Waals surface area contributed by atoms with Crippen molar-refractivity contribution in [1.29, 1.82) is 0 Å². The van der Waals surface area contributed by atoms with E-state index in [1.165, 1.54) is 7.11 Å². The van der Waals surface area contributed by atoms with Crippen LogP contribution in [-0.2, 0) is 28.5 Å². The van der Waals surface area contributed by atoms with Gasteiger partial charge in [0.15, 0.2) is 11.5 Å². The van der Waals surface area contributed by atoms with Crippen LogP contribution in [0.3, 0.4) is 0 Å². The van der Waals surface area contributed by atoms with Gasteiger partial charge < -0.3 is 34.9 Å². The lowest BCUT2D eigenvalue weighted by atomic mass is 9.83. The van der Waals surface area contributed by atoms with Crippen LogP contribution in [0.1, 0.15) is 13.8 Å². The number of nitrogens with zero attached hydrogens (tertiary/aromatic N) is 1. The second-order valence-electron chi connectivity index (χ2n) is 7.42. The maximum atomic E-state index is 13.4. The lowest BCUT2D eigenvalue weighted by Gasteiger charge is -2.39. The van der Waals surface area contributed by atoms with Gasteiger partial charge in [-0.25, -0.2) is 4.79 Å². The minimum absolute atomic E-state index is 0.00487. The van der Waals surface area contributed by atoms with Crippen LogP contribution in [0.15, 0.2) is 22.6 Å². The number of carbonyl (C=O) groups is 3. The Kier molecular flexibility index (Phi) is 4.88. The third-order valence-electron chi connectivity index (χ3n) is 6.05. The Bertz CT molecular complexity index is 836. The number of amides is 1. The highest BCUT2D eigenvalue weighted by Crippen LogP contribution is 2.55. The zero-order valence-corrected chi connectivity index (χ0v) is 16.6. The molecule has 0 radical (unpaired) electrons. The molecular weight excluding hydrogens is 382 g/mol. The zero-order chi connectivity index (χ0) is 20.9. The highest BCUT2D eigenvalue weighted by atomic mass is 16.6. The number of nitrogens with one attached hydrogen (secondary N) is 1. The molecule has 0 aromatic heterocycles. The molecule has 4 atom stereocenters. The van der Waals surface area contributed by atoms with Crippen molar-refractivity contribution in [3.63, 3.8) is 0 Å². The molecule has 3 heterocycles. The standard InChI is InChI=1S/C19H25N3O7/c1-4-27-5-6-28-16-9(2)14(23)13-12(15(16)24)10(8-29-18(20)25)19(26-3)17-11(21-17)7-22(13)19/h10-11,17,21H,4-8H2,1-3H3,(H2,20,25)/t10?,11?,17?,19-/m1/s1. The van der Waals surface area contributed by atoms with Crippen LogP contribution < -0.4 is 11.1 Å². The van der Waals surface area contributed by atoms with Crippen molar-refractivity contribution in [1.82, 2.24) is 10.2 Å². The van der Waals surface area contributed by atoms with Crippen LogP contribution in [0, 0.1) is 5.92 Å². The summed E-state index contributed by atoms with van der Waals surface area (Å²) >= 11 is 0. The van der Waals surface area contributed by atoms with Crippen LogP contribution in [0.25, 0.3) is 0 Å². The number of ketones is 2. The minimum Gasteiger partial charge on any atom is -0.487 e. The van der Waals surface area contributed by atoms with Crippen molar-refractivity contribution >= 4 is 17.7 Å². The Hall–Kier alpha value is -2.43. The summed E-state index contributed by atoms with van der Waals surface area (Å²) in [5.74, 6) is -1.34. The number of primary amides is 1. The number of fused-ring (bicyclic) bond motifs is 4. The Balaban J connectivity index is 1.69. The Labute approximate surface area is 167 Å². The largest absolute Gasteiger partial charge is 0.487 e. The summed E-state index contributed by atoms with van der Waals surface area (Å²) in [6.07, 6.45) is -0.954. The van der Waals surface area contributed by atoms with Crippen LogP contribution >= 0.6 is 0 Å². The predicted octanol–water partition coefficient (Wildman–Crippen LogP) is -0.557. The second kappa shape index (κ2) is 7.12. The second-order valence-corrected chi connectivity index (χ2v) is 7.42. The van der Waals surface area contributed by atoms with Gasteiger partial charge in [0.05, 0.1) is 24.3 Å². The van der Waals surface area contributed by atoms with E-state index < -0.39 is 23.5 Å². The average molecular weight is 407 g/mol. The van der Waals surface area contributed by atoms with Gasteiger partial charge >= 0.3 is 6.09 Å². The van der Waals surface area contributed by atoms with Gasteiger partial charge in [0.2, 0.25) is 11.6 Å². The zero-order valence-electron chi connectivity index (χ0n) is 16.6. The van der Waals surface area contributed by atoms with Gasteiger partial charge in [0.1, 0.15) is 13.2 Å². The van der Waals surface area contributed by atoms with Crippen molar-refractivity contribution in [3.05, 3.63) is 22.6 Å². The van der Waals surface area contributed by atoms with Crippen molar-refractivity contribution in [3.8, 4) is 0 Å².